The quantitative estimate of drug-likeness (QED) is 0.623. The Hall–Kier alpha value is -1.10. The summed E-state index contributed by atoms with van der Waals surface area (Å²) in [4.78, 5) is 24.0. The van der Waals surface area contributed by atoms with Crippen LogP contribution in [0.3, 0.4) is 0 Å². The molecule has 0 aromatic rings. The van der Waals surface area contributed by atoms with Crippen LogP contribution in [0.15, 0.2) is 0 Å². The summed E-state index contributed by atoms with van der Waals surface area (Å²) >= 11 is 0. The molecule has 1 atom stereocenters. The van der Waals surface area contributed by atoms with Crippen molar-refractivity contribution >= 4 is 11.9 Å². The molecule has 0 radical (unpaired) electrons. The molecule has 1 unspecified atom stereocenters. The average Bonchev–Trinajstić information content (AvgIpc) is 2.13. The summed E-state index contributed by atoms with van der Waals surface area (Å²) in [5.41, 5.74) is 5.58. The van der Waals surface area contributed by atoms with E-state index in [2.05, 4.69) is 0 Å². The lowest BCUT2D eigenvalue weighted by molar-refractivity contribution is -0.150. The highest BCUT2D eigenvalue weighted by molar-refractivity contribution is 5.86. The van der Waals surface area contributed by atoms with E-state index in [1.807, 2.05) is 0 Å². The molecule has 1 aliphatic rings. The topological polar surface area (TPSA) is 72.6 Å². The van der Waals surface area contributed by atoms with Crippen molar-refractivity contribution in [3.05, 3.63) is 0 Å². The molecule has 1 heterocycles. The Kier molecular flexibility index (Phi) is 3.88. The largest absolute Gasteiger partial charge is 0.465 e. The van der Waals surface area contributed by atoms with E-state index in [9.17, 15) is 9.59 Å². The molecular weight excluding hydrogens is 184 g/mol. The van der Waals surface area contributed by atoms with Crippen LogP contribution in [-0.4, -0.2) is 42.5 Å². The molecule has 1 amide bonds. The SMILES string of the molecule is CCOC(=O)CN1CCCC(N)C1=O. The summed E-state index contributed by atoms with van der Waals surface area (Å²) in [6.45, 7) is 2.71. The monoisotopic (exact) mass is 200 g/mol. The van der Waals surface area contributed by atoms with Gasteiger partial charge in [-0.1, -0.05) is 0 Å². The minimum Gasteiger partial charge on any atom is -0.465 e. The van der Waals surface area contributed by atoms with Crippen molar-refractivity contribution in [1.82, 2.24) is 4.90 Å². The van der Waals surface area contributed by atoms with Crippen LogP contribution in [0.2, 0.25) is 0 Å². The Labute approximate surface area is 83.2 Å². The van der Waals surface area contributed by atoms with Crippen molar-refractivity contribution in [1.29, 1.82) is 0 Å². The molecule has 0 aromatic carbocycles. The van der Waals surface area contributed by atoms with Crippen molar-refractivity contribution in [2.75, 3.05) is 19.7 Å². The number of esters is 1. The molecule has 0 aromatic heterocycles. The highest BCUT2D eigenvalue weighted by Gasteiger charge is 2.27. The predicted octanol–water partition coefficient (Wildman–Crippen LogP) is -0.501. The van der Waals surface area contributed by atoms with E-state index < -0.39 is 6.04 Å². The summed E-state index contributed by atoms with van der Waals surface area (Å²) in [6, 6.07) is -0.446. The lowest BCUT2D eigenvalue weighted by Gasteiger charge is -2.29. The Bertz CT molecular complexity index is 230. The zero-order chi connectivity index (χ0) is 10.6. The molecule has 1 aliphatic heterocycles. The van der Waals surface area contributed by atoms with Gasteiger partial charge in [-0.3, -0.25) is 9.59 Å². The smallest absolute Gasteiger partial charge is 0.325 e. The number of rotatable bonds is 3. The fraction of sp³-hybridized carbons (Fsp3) is 0.778. The van der Waals surface area contributed by atoms with Crippen LogP contribution in [0.1, 0.15) is 19.8 Å². The van der Waals surface area contributed by atoms with Crippen LogP contribution >= 0.6 is 0 Å². The second kappa shape index (κ2) is 4.95. The molecule has 0 bridgehead atoms. The third kappa shape index (κ3) is 2.70. The number of nitrogens with zero attached hydrogens (tertiary/aromatic N) is 1. The van der Waals surface area contributed by atoms with Gasteiger partial charge in [-0.25, -0.2) is 0 Å². The van der Waals surface area contributed by atoms with Gasteiger partial charge in [0.1, 0.15) is 6.54 Å². The molecule has 14 heavy (non-hydrogen) atoms. The molecule has 0 saturated carbocycles. The summed E-state index contributed by atoms with van der Waals surface area (Å²) < 4.78 is 4.75. The number of carbonyl (C=O) groups excluding carboxylic acids is 2. The fourth-order valence-electron chi connectivity index (χ4n) is 1.49. The summed E-state index contributed by atoms with van der Waals surface area (Å²) in [5, 5.41) is 0. The molecule has 5 nitrogen and oxygen atoms in total. The second-order valence-electron chi connectivity index (χ2n) is 3.31. The maximum Gasteiger partial charge on any atom is 0.325 e. The first kappa shape index (κ1) is 11.0. The fourth-order valence-corrected chi connectivity index (χ4v) is 1.49. The maximum atomic E-state index is 11.5. The number of nitrogens with two attached hydrogens (primary N) is 1. The zero-order valence-electron chi connectivity index (χ0n) is 8.36. The molecule has 1 rings (SSSR count). The Morgan fingerprint density at radius 2 is 2.43 bits per heavy atom. The van der Waals surface area contributed by atoms with Crippen molar-refractivity contribution in [2.24, 2.45) is 5.73 Å². The Morgan fingerprint density at radius 1 is 1.71 bits per heavy atom. The number of carbonyl (C=O) groups is 2. The van der Waals surface area contributed by atoms with E-state index in [4.69, 9.17) is 10.5 Å². The van der Waals surface area contributed by atoms with Crippen LogP contribution in [0.4, 0.5) is 0 Å². The maximum absolute atomic E-state index is 11.5. The molecule has 1 fully saturated rings. The van der Waals surface area contributed by atoms with Crippen LogP contribution in [0.5, 0.6) is 0 Å². The first-order chi connectivity index (χ1) is 6.65. The van der Waals surface area contributed by atoms with Crippen molar-refractivity contribution < 1.29 is 14.3 Å². The summed E-state index contributed by atoms with van der Waals surface area (Å²) in [5.74, 6) is -0.515. The van der Waals surface area contributed by atoms with Crippen molar-refractivity contribution in [3.8, 4) is 0 Å². The normalized spacial score (nSPS) is 22.3. The molecule has 5 heteroatoms. The molecular formula is C9H16N2O3. The molecule has 80 valence electrons. The first-order valence-corrected chi connectivity index (χ1v) is 4.85. The number of piperidine rings is 1. The van der Waals surface area contributed by atoms with Gasteiger partial charge in [0.15, 0.2) is 0 Å². The van der Waals surface area contributed by atoms with Gasteiger partial charge in [0.25, 0.3) is 0 Å². The van der Waals surface area contributed by atoms with Crippen molar-refractivity contribution in [3.63, 3.8) is 0 Å². The minimum atomic E-state index is -0.446. The molecule has 1 saturated heterocycles. The Balaban J connectivity index is 2.43. The number of hydrogen-bond acceptors (Lipinski definition) is 4. The zero-order valence-corrected chi connectivity index (χ0v) is 8.36. The molecule has 0 spiro atoms. The van der Waals surface area contributed by atoms with Crippen LogP contribution < -0.4 is 5.73 Å². The van der Waals surface area contributed by atoms with Gasteiger partial charge in [-0.05, 0) is 19.8 Å². The number of ether oxygens (including phenoxy) is 1. The van der Waals surface area contributed by atoms with Gasteiger partial charge in [0.2, 0.25) is 5.91 Å². The first-order valence-electron chi connectivity index (χ1n) is 4.85. The third-order valence-corrected chi connectivity index (χ3v) is 2.20. The van der Waals surface area contributed by atoms with E-state index in [1.165, 1.54) is 4.90 Å². The van der Waals surface area contributed by atoms with E-state index in [-0.39, 0.29) is 18.4 Å². The minimum absolute atomic E-state index is 0.0281. The number of likely N-dealkylation sites (tertiary alicyclic amines) is 1. The van der Waals surface area contributed by atoms with Gasteiger partial charge >= 0.3 is 5.97 Å². The van der Waals surface area contributed by atoms with Gasteiger partial charge in [0, 0.05) is 6.54 Å². The standard InChI is InChI=1S/C9H16N2O3/c1-2-14-8(12)6-11-5-3-4-7(10)9(11)13/h7H,2-6,10H2,1H3. The summed E-state index contributed by atoms with van der Waals surface area (Å²) in [6.07, 6.45) is 1.56. The van der Waals surface area contributed by atoms with Crippen LogP contribution in [0.25, 0.3) is 0 Å². The predicted molar refractivity (Wildman–Crippen MR) is 50.4 cm³/mol. The third-order valence-electron chi connectivity index (χ3n) is 2.20. The molecule has 2 N–H and O–H groups in total. The van der Waals surface area contributed by atoms with Gasteiger partial charge in [-0.2, -0.15) is 0 Å². The van der Waals surface area contributed by atoms with E-state index in [0.717, 1.165) is 6.42 Å². The number of hydrogen-bond donors (Lipinski definition) is 1. The van der Waals surface area contributed by atoms with Crippen LogP contribution in [-0.2, 0) is 14.3 Å². The lowest BCUT2D eigenvalue weighted by atomic mass is 10.1. The highest BCUT2D eigenvalue weighted by atomic mass is 16.5. The second-order valence-corrected chi connectivity index (χ2v) is 3.31. The lowest BCUT2D eigenvalue weighted by Crippen LogP contribution is -2.50. The Morgan fingerprint density at radius 3 is 3.07 bits per heavy atom. The highest BCUT2D eigenvalue weighted by Crippen LogP contribution is 2.09. The van der Waals surface area contributed by atoms with E-state index in [1.54, 1.807) is 6.92 Å². The van der Waals surface area contributed by atoms with E-state index in [0.29, 0.717) is 19.6 Å². The average molecular weight is 200 g/mol. The number of amides is 1. The summed E-state index contributed by atoms with van der Waals surface area (Å²) in [7, 11) is 0. The van der Waals surface area contributed by atoms with Crippen molar-refractivity contribution in [2.45, 2.75) is 25.8 Å². The van der Waals surface area contributed by atoms with Crippen LogP contribution in [0, 0.1) is 0 Å². The molecule has 0 aliphatic carbocycles. The van der Waals surface area contributed by atoms with Gasteiger partial charge in [0.05, 0.1) is 12.6 Å². The van der Waals surface area contributed by atoms with Gasteiger partial charge < -0.3 is 15.4 Å². The van der Waals surface area contributed by atoms with Gasteiger partial charge in [-0.15, -0.1) is 0 Å². The van der Waals surface area contributed by atoms with E-state index >= 15 is 0 Å².